The summed E-state index contributed by atoms with van der Waals surface area (Å²) in [7, 11) is -5.23. The zero-order valence-electron chi connectivity index (χ0n) is 11.9. The lowest BCUT2D eigenvalue weighted by molar-refractivity contribution is 0.352. The average Bonchev–Trinajstić information content (AvgIpc) is 2.53. The maximum atomic E-state index is 13.4. The number of benzene rings is 2. The molecule has 0 N–H and O–H groups in total. The van der Waals surface area contributed by atoms with Crippen molar-refractivity contribution in [3.8, 4) is 5.75 Å². The van der Waals surface area contributed by atoms with Crippen LogP contribution in [0.2, 0.25) is 0 Å². The quantitative estimate of drug-likeness (QED) is 0.360. The number of halogens is 5. The predicted octanol–water partition coefficient (Wildman–Crippen LogP) is 4.18. The van der Waals surface area contributed by atoms with Crippen molar-refractivity contribution in [3.63, 3.8) is 0 Å². The number of rotatable bonds is 3. The molecule has 0 fully saturated rings. The van der Waals surface area contributed by atoms with E-state index in [4.69, 9.17) is 0 Å². The number of hydrogen-bond acceptors (Lipinski definition) is 3. The molecule has 0 aromatic heterocycles. The second-order valence-corrected chi connectivity index (χ2v) is 5.23. The Kier molecular flexibility index (Phi) is 6.08. The zero-order valence-corrected chi connectivity index (χ0v) is 12.7. The molecule has 0 aliphatic carbocycles. The monoisotopic (exact) mass is 354 g/mol. The molecule has 0 aliphatic rings. The van der Waals surface area contributed by atoms with Gasteiger partial charge in [0.15, 0.2) is 28.2 Å². The van der Waals surface area contributed by atoms with Gasteiger partial charge in [0, 0.05) is 0 Å². The Morgan fingerprint density at radius 3 is 1.57 bits per heavy atom. The van der Waals surface area contributed by atoms with E-state index in [2.05, 4.69) is 4.18 Å². The standard InChI is InChI=1S/C12H5F5O3S.C2H6/c13-7-8(14)10(16)12(11(17)9(7)15)21(18,19)20-6-4-2-1-3-5-6;1-2/h1-5H;1-2H3. The first-order valence-electron chi connectivity index (χ1n) is 6.26. The molecule has 9 heteroatoms. The Bertz CT molecular complexity index is 763. The Hall–Kier alpha value is -2.16. The smallest absolute Gasteiger partial charge is 0.345 e. The summed E-state index contributed by atoms with van der Waals surface area (Å²) in [6.07, 6.45) is 0. The molecular weight excluding hydrogens is 343 g/mol. The van der Waals surface area contributed by atoms with Crippen molar-refractivity contribution >= 4 is 10.1 Å². The van der Waals surface area contributed by atoms with Gasteiger partial charge in [0.1, 0.15) is 5.75 Å². The highest BCUT2D eigenvalue weighted by molar-refractivity contribution is 7.87. The molecule has 2 aromatic carbocycles. The van der Waals surface area contributed by atoms with Gasteiger partial charge < -0.3 is 4.18 Å². The van der Waals surface area contributed by atoms with Gasteiger partial charge in [0.05, 0.1) is 0 Å². The summed E-state index contributed by atoms with van der Waals surface area (Å²) < 4.78 is 93.4. The SMILES string of the molecule is CC.O=S(=O)(Oc1ccccc1)c1c(F)c(F)c(F)c(F)c1F. The lowest BCUT2D eigenvalue weighted by Crippen LogP contribution is -2.17. The van der Waals surface area contributed by atoms with Crippen LogP contribution < -0.4 is 4.18 Å². The summed E-state index contributed by atoms with van der Waals surface area (Å²) in [5.41, 5.74) is 0. The van der Waals surface area contributed by atoms with Crippen LogP contribution in [0.5, 0.6) is 5.75 Å². The Morgan fingerprint density at radius 1 is 0.739 bits per heavy atom. The van der Waals surface area contributed by atoms with Crippen LogP contribution >= 0.6 is 0 Å². The minimum absolute atomic E-state index is 0.346. The van der Waals surface area contributed by atoms with Gasteiger partial charge in [0.2, 0.25) is 5.82 Å². The highest BCUT2D eigenvalue weighted by Gasteiger charge is 2.34. The van der Waals surface area contributed by atoms with E-state index < -0.39 is 44.1 Å². The van der Waals surface area contributed by atoms with Crippen LogP contribution in [0.1, 0.15) is 13.8 Å². The molecule has 2 rings (SSSR count). The molecule has 0 saturated heterocycles. The van der Waals surface area contributed by atoms with Crippen molar-refractivity contribution < 1.29 is 34.6 Å². The fraction of sp³-hybridized carbons (Fsp3) is 0.143. The molecule has 0 unspecified atom stereocenters. The van der Waals surface area contributed by atoms with Crippen LogP contribution in [-0.2, 0) is 10.1 Å². The number of hydrogen-bond donors (Lipinski definition) is 0. The van der Waals surface area contributed by atoms with Crippen molar-refractivity contribution in [3.05, 3.63) is 59.4 Å². The van der Waals surface area contributed by atoms with E-state index in [9.17, 15) is 30.4 Å². The van der Waals surface area contributed by atoms with Crippen molar-refractivity contribution in [1.82, 2.24) is 0 Å². The van der Waals surface area contributed by atoms with Crippen LogP contribution in [0.25, 0.3) is 0 Å². The zero-order chi connectivity index (χ0) is 17.8. The van der Waals surface area contributed by atoms with Gasteiger partial charge in [-0.1, -0.05) is 32.0 Å². The average molecular weight is 354 g/mol. The third kappa shape index (κ3) is 3.79. The first kappa shape index (κ1) is 18.9. The van der Waals surface area contributed by atoms with E-state index >= 15 is 0 Å². The lowest BCUT2D eigenvalue weighted by atomic mass is 10.3. The van der Waals surface area contributed by atoms with Crippen LogP contribution in [0.4, 0.5) is 22.0 Å². The highest BCUT2D eigenvalue weighted by Crippen LogP contribution is 2.28. The second-order valence-electron chi connectivity index (χ2n) is 3.75. The van der Waals surface area contributed by atoms with E-state index in [-0.39, 0.29) is 5.75 Å². The van der Waals surface area contributed by atoms with Crippen LogP contribution in [0, 0.1) is 29.1 Å². The molecule has 23 heavy (non-hydrogen) atoms. The first-order valence-corrected chi connectivity index (χ1v) is 7.67. The molecule has 0 amide bonds. The highest BCUT2D eigenvalue weighted by atomic mass is 32.2. The third-order valence-electron chi connectivity index (χ3n) is 2.37. The van der Waals surface area contributed by atoms with Gasteiger partial charge >= 0.3 is 10.1 Å². The molecule has 0 aliphatic heterocycles. The molecule has 0 radical (unpaired) electrons. The van der Waals surface area contributed by atoms with Crippen LogP contribution in [0.15, 0.2) is 35.2 Å². The normalized spacial score (nSPS) is 10.7. The van der Waals surface area contributed by atoms with Crippen molar-refractivity contribution in [2.24, 2.45) is 0 Å². The van der Waals surface area contributed by atoms with Crippen molar-refractivity contribution in [1.29, 1.82) is 0 Å². The maximum absolute atomic E-state index is 13.4. The van der Waals surface area contributed by atoms with Gasteiger partial charge in [0.25, 0.3) is 0 Å². The van der Waals surface area contributed by atoms with E-state index in [1.807, 2.05) is 13.8 Å². The summed E-state index contributed by atoms with van der Waals surface area (Å²) in [6, 6.07) is 6.46. The fourth-order valence-electron chi connectivity index (χ4n) is 1.45. The minimum atomic E-state index is -5.23. The predicted molar refractivity (Wildman–Crippen MR) is 71.8 cm³/mol. The summed E-state index contributed by atoms with van der Waals surface area (Å²) in [4.78, 5) is -2.04. The Morgan fingerprint density at radius 2 is 1.13 bits per heavy atom. The number of para-hydroxylation sites is 1. The lowest BCUT2D eigenvalue weighted by Gasteiger charge is -2.10. The van der Waals surface area contributed by atoms with Crippen molar-refractivity contribution in [2.75, 3.05) is 0 Å². The topological polar surface area (TPSA) is 43.4 Å². The first-order chi connectivity index (χ1) is 10.8. The summed E-state index contributed by atoms with van der Waals surface area (Å²) in [6.45, 7) is 4.00. The van der Waals surface area contributed by atoms with Gasteiger partial charge in [-0.25, -0.2) is 22.0 Å². The molecule has 0 spiro atoms. The van der Waals surface area contributed by atoms with E-state index in [1.165, 1.54) is 18.2 Å². The largest absolute Gasteiger partial charge is 0.379 e. The van der Waals surface area contributed by atoms with Crippen molar-refractivity contribution in [2.45, 2.75) is 18.7 Å². The van der Waals surface area contributed by atoms with Gasteiger partial charge in [-0.3, -0.25) is 0 Å². The Labute approximate surface area is 129 Å². The fourth-order valence-corrected chi connectivity index (χ4v) is 2.51. The van der Waals surface area contributed by atoms with E-state index in [0.717, 1.165) is 12.1 Å². The van der Waals surface area contributed by atoms with Crippen LogP contribution in [-0.4, -0.2) is 8.42 Å². The molecular formula is C14H11F5O3S. The van der Waals surface area contributed by atoms with E-state index in [1.54, 1.807) is 0 Å². The summed E-state index contributed by atoms with van der Waals surface area (Å²) in [5.74, 6) is -12.5. The van der Waals surface area contributed by atoms with Gasteiger partial charge in [-0.15, -0.1) is 0 Å². The van der Waals surface area contributed by atoms with Gasteiger partial charge in [-0.05, 0) is 12.1 Å². The van der Waals surface area contributed by atoms with E-state index in [0.29, 0.717) is 0 Å². The molecule has 0 heterocycles. The van der Waals surface area contributed by atoms with Gasteiger partial charge in [-0.2, -0.15) is 8.42 Å². The molecule has 3 nitrogen and oxygen atoms in total. The molecule has 126 valence electrons. The summed E-state index contributed by atoms with van der Waals surface area (Å²) >= 11 is 0. The second kappa shape index (κ2) is 7.40. The minimum Gasteiger partial charge on any atom is -0.379 e. The maximum Gasteiger partial charge on any atom is 0.345 e. The molecule has 2 aromatic rings. The third-order valence-corrected chi connectivity index (χ3v) is 3.64. The van der Waals surface area contributed by atoms with Crippen LogP contribution in [0.3, 0.4) is 0 Å². The molecule has 0 saturated carbocycles. The molecule has 0 bridgehead atoms. The molecule has 0 atom stereocenters. The summed E-state index contributed by atoms with van der Waals surface area (Å²) in [5, 5.41) is 0. The Balaban J connectivity index is 0.00000127.